The highest BCUT2D eigenvalue weighted by atomic mass is 32.2. The van der Waals surface area contributed by atoms with E-state index < -0.39 is 11.0 Å². The molecule has 0 spiro atoms. The van der Waals surface area contributed by atoms with Gasteiger partial charge in [0.15, 0.2) is 0 Å². The first-order valence-corrected chi connectivity index (χ1v) is 9.11. The van der Waals surface area contributed by atoms with Crippen molar-refractivity contribution in [3.8, 4) is 0 Å². The van der Waals surface area contributed by atoms with E-state index in [9.17, 15) is 18.5 Å². The van der Waals surface area contributed by atoms with Crippen LogP contribution in [0.3, 0.4) is 0 Å². The fraction of sp³-hybridized carbons (Fsp3) is 0.278. The number of carbonyl (C=O) groups excluding carboxylic acids is 1. The molecule has 0 aromatic heterocycles. The molecule has 0 radical (unpaired) electrons. The Hall–Kier alpha value is -2.09. The highest BCUT2D eigenvalue weighted by Crippen LogP contribution is 2.21. The Morgan fingerprint density at radius 1 is 1.24 bits per heavy atom. The Morgan fingerprint density at radius 3 is 2.68 bits per heavy atom. The van der Waals surface area contributed by atoms with Gasteiger partial charge >= 0.3 is 0 Å². The molecular weight excluding hydrogens is 343 g/mol. The van der Waals surface area contributed by atoms with Gasteiger partial charge in [0.2, 0.25) is 0 Å². The van der Waals surface area contributed by atoms with Crippen LogP contribution in [0, 0.1) is 12.7 Å². The predicted octanol–water partition coefficient (Wildman–Crippen LogP) is 2.52. The van der Waals surface area contributed by atoms with Gasteiger partial charge in [-0.2, -0.15) is 0 Å². The van der Waals surface area contributed by atoms with E-state index in [1.54, 1.807) is 37.3 Å². The molecule has 3 N–H and O–H groups in total. The fourth-order valence-corrected chi connectivity index (χ4v) is 3.65. The molecule has 0 bridgehead atoms. The van der Waals surface area contributed by atoms with Gasteiger partial charge in [-0.15, -0.1) is 0 Å². The number of aliphatic hydroxyl groups excluding tert-OH is 1. The number of nitrogens with one attached hydrogen (secondary N) is 2. The molecule has 2 aromatic rings. The van der Waals surface area contributed by atoms with Gasteiger partial charge in [0.1, 0.15) is 16.8 Å². The van der Waals surface area contributed by atoms with Crippen molar-refractivity contribution in [3.63, 3.8) is 0 Å². The maximum Gasteiger partial charge on any atom is 0.255 e. The van der Waals surface area contributed by atoms with E-state index in [1.165, 1.54) is 12.1 Å². The number of amides is 1. The minimum Gasteiger partial charge on any atom is -0.393 e. The van der Waals surface area contributed by atoms with Crippen LogP contribution >= 0.6 is 0 Å². The molecule has 0 saturated heterocycles. The molecule has 3 rings (SSSR count). The van der Waals surface area contributed by atoms with Crippen molar-refractivity contribution >= 4 is 22.6 Å². The van der Waals surface area contributed by atoms with Gasteiger partial charge in [-0.05, 0) is 61.7 Å². The smallest absolute Gasteiger partial charge is 0.255 e. The number of rotatable bonds is 5. The molecule has 25 heavy (non-hydrogen) atoms. The summed E-state index contributed by atoms with van der Waals surface area (Å²) in [6, 6.07) is 10.9. The zero-order chi connectivity index (χ0) is 18.0. The van der Waals surface area contributed by atoms with Crippen LogP contribution in [-0.4, -0.2) is 27.4 Å². The minimum absolute atomic E-state index is 0.0236. The molecule has 1 atom stereocenters. The lowest BCUT2D eigenvalue weighted by Crippen LogP contribution is -2.44. The van der Waals surface area contributed by atoms with Crippen molar-refractivity contribution in [2.45, 2.75) is 36.8 Å². The quantitative estimate of drug-likeness (QED) is 0.765. The van der Waals surface area contributed by atoms with Crippen LogP contribution < -0.4 is 10.0 Å². The maximum absolute atomic E-state index is 13.3. The van der Waals surface area contributed by atoms with Gasteiger partial charge in [-0.3, -0.25) is 4.79 Å². The van der Waals surface area contributed by atoms with Gasteiger partial charge < -0.3 is 10.4 Å². The second-order valence-electron chi connectivity index (χ2n) is 6.15. The Balaban J connectivity index is 1.68. The normalized spacial score (nSPS) is 20.6. The van der Waals surface area contributed by atoms with Gasteiger partial charge in [0, 0.05) is 17.3 Å². The average molecular weight is 362 g/mol. The molecule has 1 saturated carbocycles. The van der Waals surface area contributed by atoms with Crippen molar-refractivity contribution in [2.75, 3.05) is 5.32 Å². The number of benzene rings is 2. The second-order valence-corrected chi connectivity index (χ2v) is 7.40. The summed E-state index contributed by atoms with van der Waals surface area (Å²) in [5.74, 6) is -0.688. The molecule has 1 aliphatic carbocycles. The van der Waals surface area contributed by atoms with Crippen LogP contribution in [-0.2, 0) is 11.0 Å². The summed E-state index contributed by atoms with van der Waals surface area (Å²) < 4.78 is 28.5. The lowest BCUT2D eigenvalue weighted by molar-refractivity contribution is 0.0717. The van der Waals surface area contributed by atoms with Crippen molar-refractivity contribution in [1.82, 2.24) is 4.72 Å². The molecule has 1 aliphatic rings. The van der Waals surface area contributed by atoms with E-state index in [0.717, 1.165) is 0 Å². The number of anilines is 1. The molecule has 132 valence electrons. The third-order valence-corrected chi connectivity index (χ3v) is 5.34. The number of halogens is 1. The Labute approximate surface area is 147 Å². The Kier molecular flexibility index (Phi) is 5.27. The predicted molar refractivity (Wildman–Crippen MR) is 94.1 cm³/mol. The molecule has 1 unspecified atom stereocenters. The summed E-state index contributed by atoms with van der Waals surface area (Å²) in [6.07, 6.45) is 0.830. The van der Waals surface area contributed by atoms with E-state index in [0.29, 0.717) is 34.6 Å². The highest BCUT2D eigenvalue weighted by molar-refractivity contribution is 7.83. The summed E-state index contributed by atoms with van der Waals surface area (Å²) in [6.45, 7) is 1.62. The summed E-state index contributed by atoms with van der Waals surface area (Å²) in [4.78, 5) is 12.9. The first kappa shape index (κ1) is 17.7. The van der Waals surface area contributed by atoms with Crippen molar-refractivity contribution < 1.29 is 18.5 Å². The van der Waals surface area contributed by atoms with Gasteiger partial charge in [-0.25, -0.2) is 13.3 Å². The molecule has 1 amide bonds. The van der Waals surface area contributed by atoms with E-state index in [2.05, 4.69) is 10.0 Å². The van der Waals surface area contributed by atoms with Crippen molar-refractivity contribution in [1.29, 1.82) is 0 Å². The average Bonchev–Trinajstić information content (AvgIpc) is 2.57. The lowest BCUT2D eigenvalue weighted by atomic mass is 9.91. The first-order valence-electron chi connectivity index (χ1n) is 7.96. The largest absolute Gasteiger partial charge is 0.393 e. The lowest BCUT2D eigenvalue weighted by Gasteiger charge is -2.31. The molecule has 7 heteroatoms. The van der Waals surface area contributed by atoms with Crippen molar-refractivity contribution in [3.05, 3.63) is 59.4 Å². The van der Waals surface area contributed by atoms with E-state index >= 15 is 0 Å². The number of hydrogen-bond donors (Lipinski definition) is 3. The zero-order valence-corrected chi connectivity index (χ0v) is 14.5. The van der Waals surface area contributed by atoms with Crippen LogP contribution in [0.25, 0.3) is 0 Å². The van der Waals surface area contributed by atoms with E-state index in [-0.39, 0.29) is 23.9 Å². The van der Waals surface area contributed by atoms with Gasteiger partial charge in [0.05, 0.1) is 11.0 Å². The van der Waals surface area contributed by atoms with Crippen LogP contribution in [0.1, 0.15) is 28.8 Å². The zero-order valence-electron chi connectivity index (χ0n) is 13.7. The number of aliphatic hydroxyl groups is 1. The second kappa shape index (κ2) is 7.43. The molecule has 5 nitrogen and oxygen atoms in total. The van der Waals surface area contributed by atoms with Crippen LogP contribution in [0.4, 0.5) is 10.1 Å². The van der Waals surface area contributed by atoms with Crippen LogP contribution in [0.15, 0.2) is 47.4 Å². The maximum atomic E-state index is 13.3. The standard InChI is InChI=1S/C18H19FN2O3S/c1-11-7-13(5-6-17(11)19)20-18(23)12-3-2-4-16(8-12)25(24)21-14-9-15(22)10-14/h2-8,14-15,21-22H,9-10H2,1H3,(H,20,23). The first-order chi connectivity index (χ1) is 11.9. The van der Waals surface area contributed by atoms with Crippen LogP contribution in [0.2, 0.25) is 0 Å². The third kappa shape index (κ3) is 4.31. The monoisotopic (exact) mass is 362 g/mol. The SMILES string of the molecule is Cc1cc(NC(=O)c2cccc(S(=O)NC3CC(O)C3)c2)ccc1F. The minimum atomic E-state index is -1.45. The Morgan fingerprint density at radius 2 is 2.00 bits per heavy atom. The summed E-state index contributed by atoms with van der Waals surface area (Å²) in [7, 11) is -1.45. The topological polar surface area (TPSA) is 78.4 Å². The molecule has 0 aliphatic heterocycles. The van der Waals surface area contributed by atoms with E-state index in [1.807, 2.05) is 0 Å². The Bertz CT molecular complexity index is 822. The summed E-state index contributed by atoms with van der Waals surface area (Å²) >= 11 is 0. The highest BCUT2D eigenvalue weighted by Gasteiger charge is 2.28. The third-order valence-electron chi connectivity index (χ3n) is 4.11. The summed E-state index contributed by atoms with van der Waals surface area (Å²) in [5.41, 5.74) is 1.31. The summed E-state index contributed by atoms with van der Waals surface area (Å²) in [5, 5.41) is 12.0. The molecule has 1 fully saturated rings. The number of aryl methyl sites for hydroxylation is 1. The number of carbonyl (C=O) groups is 1. The van der Waals surface area contributed by atoms with Crippen molar-refractivity contribution in [2.24, 2.45) is 0 Å². The van der Waals surface area contributed by atoms with Crippen LogP contribution in [0.5, 0.6) is 0 Å². The number of hydrogen-bond acceptors (Lipinski definition) is 3. The molecular formula is C18H19FN2O3S. The van der Waals surface area contributed by atoms with Gasteiger partial charge in [-0.1, -0.05) is 6.07 Å². The van der Waals surface area contributed by atoms with Gasteiger partial charge in [0.25, 0.3) is 5.91 Å². The molecule has 2 aromatic carbocycles. The van der Waals surface area contributed by atoms with E-state index in [4.69, 9.17) is 0 Å². The fourth-order valence-electron chi connectivity index (χ4n) is 2.58. The molecule has 0 heterocycles.